The van der Waals surface area contributed by atoms with Crippen molar-refractivity contribution in [1.82, 2.24) is 25.5 Å². The molecule has 0 saturated heterocycles. The fraction of sp³-hybridized carbons (Fsp3) is 0.500. The van der Waals surface area contributed by atoms with Gasteiger partial charge in [-0.1, -0.05) is 45.4 Å². The molecule has 0 unspecified atom stereocenters. The van der Waals surface area contributed by atoms with Crippen LogP contribution in [0.5, 0.6) is 0 Å². The molecule has 8 heteroatoms. The molecule has 1 heterocycles. The summed E-state index contributed by atoms with van der Waals surface area (Å²) < 4.78 is 6.98. The number of carbonyl (C=O) groups excluding carboxylic acids is 2. The number of rotatable bonds is 9. The second-order valence-electron chi connectivity index (χ2n) is 6.34. The molecule has 26 heavy (non-hydrogen) atoms. The quantitative estimate of drug-likeness (QED) is 0.687. The van der Waals surface area contributed by atoms with Crippen molar-refractivity contribution in [2.24, 2.45) is 5.92 Å². The van der Waals surface area contributed by atoms with Gasteiger partial charge in [-0.05, 0) is 34.9 Å². The summed E-state index contributed by atoms with van der Waals surface area (Å²) in [4.78, 5) is 24.8. The Labute approximate surface area is 152 Å². The monoisotopic (exact) mass is 359 g/mol. The Hall–Kier alpha value is -2.77. The Kier molecular flexibility index (Phi) is 7.25. The third kappa shape index (κ3) is 5.37. The van der Waals surface area contributed by atoms with Crippen molar-refractivity contribution in [3.8, 4) is 0 Å². The first kappa shape index (κ1) is 19.6. The minimum absolute atomic E-state index is 0.0278. The Morgan fingerprint density at radius 3 is 2.62 bits per heavy atom. The molecule has 1 atom stereocenters. The van der Waals surface area contributed by atoms with Crippen molar-refractivity contribution in [3.63, 3.8) is 0 Å². The van der Waals surface area contributed by atoms with Gasteiger partial charge < -0.3 is 10.1 Å². The van der Waals surface area contributed by atoms with E-state index in [1.165, 1.54) is 0 Å². The number of hydrogen-bond acceptors (Lipinski definition) is 6. The van der Waals surface area contributed by atoms with Crippen molar-refractivity contribution in [2.45, 2.75) is 52.8 Å². The summed E-state index contributed by atoms with van der Waals surface area (Å²) >= 11 is 0. The molecule has 1 aromatic carbocycles. The molecule has 2 aromatic rings. The lowest BCUT2D eigenvalue weighted by atomic mass is 10.0. The van der Waals surface area contributed by atoms with Crippen LogP contribution in [0.3, 0.4) is 0 Å². The SMILES string of the molecule is CCCCn1nnnc1COC(=O)[C@@H](NC(=O)c1ccccc1)C(C)C. The minimum Gasteiger partial charge on any atom is -0.456 e. The number of unbranched alkanes of at least 4 members (excludes halogenated alkanes) is 1. The molecule has 0 fully saturated rings. The molecule has 0 saturated carbocycles. The van der Waals surface area contributed by atoms with Gasteiger partial charge in [0, 0.05) is 12.1 Å². The number of nitrogens with zero attached hydrogens (tertiary/aromatic N) is 4. The minimum atomic E-state index is -0.748. The normalized spacial score (nSPS) is 12.0. The van der Waals surface area contributed by atoms with Crippen LogP contribution in [0.25, 0.3) is 0 Å². The highest BCUT2D eigenvalue weighted by Gasteiger charge is 2.26. The number of aromatic nitrogens is 4. The summed E-state index contributed by atoms with van der Waals surface area (Å²) in [6.07, 6.45) is 1.95. The second-order valence-corrected chi connectivity index (χ2v) is 6.34. The molecule has 0 bridgehead atoms. The molecule has 0 radical (unpaired) electrons. The van der Waals surface area contributed by atoms with Crippen molar-refractivity contribution in [2.75, 3.05) is 0 Å². The second kappa shape index (κ2) is 9.65. The van der Waals surface area contributed by atoms with Gasteiger partial charge in [-0.3, -0.25) is 4.79 Å². The number of tetrazole rings is 1. The van der Waals surface area contributed by atoms with Gasteiger partial charge in [0.25, 0.3) is 5.91 Å². The zero-order valence-electron chi connectivity index (χ0n) is 15.4. The molecule has 0 aliphatic carbocycles. The first-order valence-corrected chi connectivity index (χ1v) is 8.80. The summed E-state index contributed by atoms with van der Waals surface area (Å²) in [6, 6.07) is 8.01. The molecule has 1 aromatic heterocycles. The number of aryl methyl sites for hydroxylation is 1. The molecular weight excluding hydrogens is 334 g/mol. The fourth-order valence-corrected chi connectivity index (χ4v) is 2.35. The molecule has 8 nitrogen and oxygen atoms in total. The standard InChI is InChI=1S/C18H25N5O3/c1-4-5-11-23-15(20-21-22-23)12-26-18(25)16(13(2)3)19-17(24)14-9-7-6-8-10-14/h6-10,13,16H,4-5,11-12H2,1-3H3,(H,19,24)/t16-/m0/s1. The summed E-state index contributed by atoms with van der Waals surface area (Å²) in [7, 11) is 0. The first-order valence-electron chi connectivity index (χ1n) is 8.80. The van der Waals surface area contributed by atoms with Gasteiger partial charge in [-0.15, -0.1) is 5.10 Å². The highest BCUT2D eigenvalue weighted by Crippen LogP contribution is 2.08. The predicted molar refractivity (Wildman–Crippen MR) is 95.1 cm³/mol. The zero-order valence-corrected chi connectivity index (χ0v) is 15.4. The number of esters is 1. The molecule has 2 rings (SSSR count). The molecule has 1 amide bonds. The number of ether oxygens (including phenoxy) is 1. The van der Waals surface area contributed by atoms with Gasteiger partial charge in [-0.25, -0.2) is 9.48 Å². The van der Waals surface area contributed by atoms with E-state index in [9.17, 15) is 9.59 Å². The smallest absolute Gasteiger partial charge is 0.329 e. The van der Waals surface area contributed by atoms with E-state index >= 15 is 0 Å². The topological polar surface area (TPSA) is 99.0 Å². The number of benzene rings is 1. The van der Waals surface area contributed by atoms with Crippen LogP contribution in [0.2, 0.25) is 0 Å². The molecular formula is C18H25N5O3. The maximum atomic E-state index is 12.5. The Balaban J connectivity index is 1.96. The van der Waals surface area contributed by atoms with Crippen LogP contribution in [0.1, 0.15) is 49.8 Å². The van der Waals surface area contributed by atoms with Gasteiger partial charge in [0.2, 0.25) is 0 Å². The van der Waals surface area contributed by atoms with E-state index in [2.05, 4.69) is 27.8 Å². The molecule has 0 spiro atoms. The van der Waals surface area contributed by atoms with Crippen molar-refractivity contribution in [1.29, 1.82) is 0 Å². The largest absolute Gasteiger partial charge is 0.456 e. The van der Waals surface area contributed by atoms with Gasteiger partial charge in [-0.2, -0.15) is 0 Å². The van der Waals surface area contributed by atoms with E-state index < -0.39 is 12.0 Å². The van der Waals surface area contributed by atoms with Crippen molar-refractivity contribution in [3.05, 3.63) is 41.7 Å². The van der Waals surface area contributed by atoms with E-state index in [1.54, 1.807) is 28.9 Å². The van der Waals surface area contributed by atoms with Crippen LogP contribution >= 0.6 is 0 Å². The van der Waals surface area contributed by atoms with Crippen LogP contribution in [0.4, 0.5) is 0 Å². The number of carbonyl (C=O) groups is 2. The van der Waals surface area contributed by atoms with Crippen molar-refractivity contribution >= 4 is 11.9 Å². The predicted octanol–water partition coefficient (Wildman–Crippen LogP) is 1.97. The van der Waals surface area contributed by atoms with Crippen LogP contribution in [0.15, 0.2) is 30.3 Å². The number of amides is 1. The molecule has 140 valence electrons. The lowest BCUT2D eigenvalue weighted by Gasteiger charge is -2.20. The average molecular weight is 359 g/mol. The van der Waals surface area contributed by atoms with E-state index in [0.717, 1.165) is 12.8 Å². The van der Waals surface area contributed by atoms with E-state index in [0.29, 0.717) is 17.9 Å². The highest BCUT2D eigenvalue weighted by molar-refractivity contribution is 5.96. The molecule has 0 aliphatic rings. The lowest BCUT2D eigenvalue weighted by molar-refractivity contribution is -0.148. The highest BCUT2D eigenvalue weighted by atomic mass is 16.5. The van der Waals surface area contributed by atoms with Crippen LogP contribution in [-0.4, -0.2) is 38.1 Å². The van der Waals surface area contributed by atoms with Gasteiger partial charge in [0.15, 0.2) is 12.4 Å². The van der Waals surface area contributed by atoms with E-state index in [-0.39, 0.29) is 18.4 Å². The van der Waals surface area contributed by atoms with Crippen LogP contribution < -0.4 is 5.32 Å². The van der Waals surface area contributed by atoms with Crippen LogP contribution in [0, 0.1) is 5.92 Å². The number of nitrogens with one attached hydrogen (secondary N) is 1. The summed E-state index contributed by atoms with van der Waals surface area (Å²) in [5.41, 5.74) is 0.495. The van der Waals surface area contributed by atoms with Crippen LogP contribution in [-0.2, 0) is 22.7 Å². The Morgan fingerprint density at radius 2 is 1.96 bits per heavy atom. The molecule has 1 N–H and O–H groups in total. The maximum absolute atomic E-state index is 12.5. The Morgan fingerprint density at radius 1 is 1.23 bits per heavy atom. The fourth-order valence-electron chi connectivity index (χ4n) is 2.35. The van der Waals surface area contributed by atoms with Gasteiger partial charge in [0.1, 0.15) is 6.04 Å². The maximum Gasteiger partial charge on any atom is 0.329 e. The first-order chi connectivity index (χ1) is 12.5. The van der Waals surface area contributed by atoms with Crippen molar-refractivity contribution < 1.29 is 14.3 Å². The van der Waals surface area contributed by atoms with E-state index in [1.807, 2.05) is 19.9 Å². The van der Waals surface area contributed by atoms with E-state index in [4.69, 9.17) is 4.74 Å². The summed E-state index contributed by atoms with van der Waals surface area (Å²) in [5.74, 6) is -0.446. The lowest BCUT2D eigenvalue weighted by Crippen LogP contribution is -2.45. The summed E-state index contributed by atoms with van der Waals surface area (Å²) in [5, 5.41) is 14.1. The van der Waals surface area contributed by atoms with Gasteiger partial charge >= 0.3 is 5.97 Å². The average Bonchev–Trinajstić information content (AvgIpc) is 3.10. The Bertz CT molecular complexity index is 715. The number of hydrogen-bond donors (Lipinski definition) is 1. The third-order valence-electron chi connectivity index (χ3n) is 3.92. The summed E-state index contributed by atoms with van der Waals surface area (Å²) in [6.45, 7) is 6.42. The van der Waals surface area contributed by atoms with Gasteiger partial charge in [0.05, 0.1) is 0 Å². The molecule has 0 aliphatic heterocycles. The zero-order chi connectivity index (χ0) is 18.9. The third-order valence-corrected chi connectivity index (χ3v) is 3.92.